The Bertz CT molecular complexity index is 452. The molecule has 20 heavy (non-hydrogen) atoms. The molecule has 0 unspecified atom stereocenters. The number of halogens is 2. The number of carbonyl (C=O) groups excluding carboxylic acids is 1. The summed E-state index contributed by atoms with van der Waals surface area (Å²) < 4.78 is 26.1. The molecule has 4 nitrogen and oxygen atoms in total. The lowest BCUT2D eigenvalue weighted by Crippen LogP contribution is -2.40. The molecule has 0 aromatic heterocycles. The van der Waals surface area contributed by atoms with E-state index in [4.69, 9.17) is 0 Å². The molecule has 0 heterocycles. The maximum absolute atomic E-state index is 13.2. The third-order valence-electron chi connectivity index (χ3n) is 2.86. The van der Waals surface area contributed by atoms with Crippen molar-refractivity contribution in [2.75, 3.05) is 40.8 Å². The van der Waals surface area contributed by atoms with Crippen LogP contribution in [0.1, 0.15) is 5.56 Å². The van der Waals surface area contributed by atoms with E-state index in [9.17, 15) is 13.6 Å². The van der Waals surface area contributed by atoms with E-state index in [1.807, 2.05) is 19.0 Å². The van der Waals surface area contributed by atoms with E-state index in [1.165, 1.54) is 6.07 Å². The van der Waals surface area contributed by atoms with Gasteiger partial charge in [-0.25, -0.2) is 8.78 Å². The van der Waals surface area contributed by atoms with Crippen LogP contribution in [-0.2, 0) is 11.3 Å². The van der Waals surface area contributed by atoms with E-state index in [-0.39, 0.29) is 19.0 Å². The van der Waals surface area contributed by atoms with E-state index in [0.29, 0.717) is 18.7 Å². The number of nitrogens with one attached hydrogen (secondary N) is 1. The fourth-order valence-electron chi connectivity index (χ4n) is 1.73. The summed E-state index contributed by atoms with van der Waals surface area (Å²) in [5.41, 5.74) is 0.576. The van der Waals surface area contributed by atoms with Gasteiger partial charge in [0.15, 0.2) is 11.6 Å². The number of benzene rings is 1. The zero-order valence-corrected chi connectivity index (χ0v) is 12.1. The number of hydrogen-bond donors (Lipinski definition) is 1. The normalized spacial score (nSPS) is 10.9. The summed E-state index contributed by atoms with van der Waals surface area (Å²) in [5, 5.41) is 2.80. The maximum Gasteiger partial charge on any atom is 0.236 e. The highest BCUT2D eigenvalue weighted by molar-refractivity contribution is 5.78. The summed E-state index contributed by atoms with van der Waals surface area (Å²) in [6.45, 7) is 1.73. The van der Waals surface area contributed by atoms with Gasteiger partial charge in [0.25, 0.3) is 0 Å². The molecular weight excluding hydrogens is 264 g/mol. The molecule has 6 heteroatoms. The summed E-state index contributed by atoms with van der Waals surface area (Å²) >= 11 is 0. The molecule has 0 saturated carbocycles. The quantitative estimate of drug-likeness (QED) is 0.814. The second kappa shape index (κ2) is 7.91. The van der Waals surface area contributed by atoms with Crippen molar-refractivity contribution in [3.8, 4) is 0 Å². The van der Waals surface area contributed by atoms with Crippen LogP contribution in [0.3, 0.4) is 0 Å². The lowest BCUT2D eigenvalue weighted by Gasteiger charge is -2.24. The molecule has 0 spiro atoms. The van der Waals surface area contributed by atoms with Gasteiger partial charge in [-0.05, 0) is 38.8 Å². The molecule has 0 saturated heterocycles. The topological polar surface area (TPSA) is 35.6 Å². The molecule has 1 aromatic rings. The second-order valence-corrected chi connectivity index (χ2v) is 4.90. The van der Waals surface area contributed by atoms with Crippen molar-refractivity contribution >= 4 is 5.91 Å². The fraction of sp³-hybridized carbons (Fsp3) is 0.500. The van der Waals surface area contributed by atoms with Crippen LogP contribution < -0.4 is 5.32 Å². The van der Waals surface area contributed by atoms with Crippen molar-refractivity contribution in [1.82, 2.24) is 15.1 Å². The predicted molar refractivity (Wildman–Crippen MR) is 74.3 cm³/mol. The lowest BCUT2D eigenvalue weighted by atomic mass is 10.2. The molecule has 0 fully saturated rings. The summed E-state index contributed by atoms with van der Waals surface area (Å²) in [7, 11) is 5.52. The molecule has 0 bridgehead atoms. The van der Waals surface area contributed by atoms with Crippen molar-refractivity contribution in [3.05, 3.63) is 35.4 Å². The average Bonchev–Trinajstić information content (AvgIpc) is 2.38. The molecule has 0 aliphatic rings. The van der Waals surface area contributed by atoms with Crippen LogP contribution in [0.5, 0.6) is 0 Å². The Labute approximate surface area is 118 Å². The van der Waals surface area contributed by atoms with Crippen molar-refractivity contribution in [3.63, 3.8) is 0 Å². The van der Waals surface area contributed by atoms with Gasteiger partial charge in [-0.3, -0.25) is 4.79 Å². The highest BCUT2D eigenvalue weighted by Crippen LogP contribution is 2.11. The van der Waals surface area contributed by atoms with Crippen LogP contribution in [0.4, 0.5) is 8.78 Å². The molecule has 0 atom stereocenters. The minimum Gasteiger partial charge on any atom is -0.336 e. The summed E-state index contributed by atoms with van der Waals surface area (Å²) in [4.78, 5) is 15.6. The van der Waals surface area contributed by atoms with Gasteiger partial charge in [0, 0.05) is 19.6 Å². The van der Waals surface area contributed by atoms with E-state index in [1.54, 1.807) is 11.9 Å². The zero-order valence-electron chi connectivity index (χ0n) is 12.1. The number of likely N-dealkylation sites (N-methyl/N-ethyl adjacent to an activating group) is 2. The van der Waals surface area contributed by atoms with Crippen molar-refractivity contribution in [2.24, 2.45) is 0 Å². The molecule has 0 radical (unpaired) electrons. The number of carbonyl (C=O) groups is 1. The predicted octanol–water partition coefficient (Wildman–Crippen LogP) is 1.07. The lowest BCUT2D eigenvalue weighted by molar-refractivity contribution is -0.130. The van der Waals surface area contributed by atoms with Crippen LogP contribution >= 0.6 is 0 Å². The van der Waals surface area contributed by atoms with Gasteiger partial charge in [0.05, 0.1) is 6.54 Å². The molecule has 1 rings (SSSR count). The number of rotatable bonds is 7. The molecule has 0 aliphatic carbocycles. The van der Waals surface area contributed by atoms with Crippen LogP contribution in [0.2, 0.25) is 0 Å². The largest absolute Gasteiger partial charge is 0.336 e. The van der Waals surface area contributed by atoms with E-state index >= 15 is 0 Å². The Kier molecular flexibility index (Phi) is 6.54. The van der Waals surface area contributed by atoms with Crippen LogP contribution in [-0.4, -0.2) is 56.5 Å². The Morgan fingerprint density at radius 1 is 1.20 bits per heavy atom. The van der Waals surface area contributed by atoms with Gasteiger partial charge < -0.3 is 15.1 Å². The highest BCUT2D eigenvalue weighted by Gasteiger charge is 2.14. The Balaban J connectivity index is 2.76. The minimum atomic E-state index is -0.892. The first-order chi connectivity index (χ1) is 9.43. The van der Waals surface area contributed by atoms with Gasteiger partial charge in [0.1, 0.15) is 0 Å². The van der Waals surface area contributed by atoms with Crippen LogP contribution in [0.25, 0.3) is 0 Å². The van der Waals surface area contributed by atoms with Gasteiger partial charge in [-0.2, -0.15) is 0 Å². The number of nitrogens with zero attached hydrogens (tertiary/aromatic N) is 2. The standard InChI is InChI=1S/C14H21F2N3O/c1-17-9-14(20)19(7-6-18(2)3)10-11-4-5-12(15)13(16)8-11/h4-5,8,17H,6-7,9-10H2,1-3H3. The molecule has 1 amide bonds. The first kappa shape index (κ1) is 16.5. The van der Waals surface area contributed by atoms with E-state index in [0.717, 1.165) is 12.1 Å². The van der Waals surface area contributed by atoms with Crippen molar-refractivity contribution < 1.29 is 13.6 Å². The smallest absolute Gasteiger partial charge is 0.236 e. The second-order valence-electron chi connectivity index (χ2n) is 4.90. The Hall–Kier alpha value is -1.53. The molecule has 1 N–H and O–H groups in total. The average molecular weight is 285 g/mol. The SMILES string of the molecule is CNCC(=O)N(CCN(C)C)Cc1ccc(F)c(F)c1. The summed E-state index contributed by atoms with van der Waals surface area (Å²) in [6, 6.07) is 3.70. The van der Waals surface area contributed by atoms with Gasteiger partial charge in [-0.15, -0.1) is 0 Å². The number of amides is 1. The molecule has 1 aromatic carbocycles. The first-order valence-corrected chi connectivity index (χ1v) is 6.45. The van der Waals surface area contributed by atoms with Crippen molar-refractivity contribution in [2.45, 2.75) is 6.54 Å². The third kappa shape index (κ3) is 5.22. The van der Waals surface area contributed by atoms with Crippen molar-refractivity contribution in [1.29, 1.82) is 0 Å². The van der Waals surface area contributed by atoms with E-state index < -0.39 is 11.6 Å². The molecular formula is C14H21F2N3O. The molecule has 112 valence electrons. The first-order valence-electron chi connectivity index (χ1n) is 6.45. The zero-order chi connectivity index (χ0) is 15.1. The monoisotopic (exact) mass is 285 g/mol. The van der Waals surface area contributed by atoms with E-state index in [2.05, 4.69) is 5.32 Å². The minimum absolute atomic E-state index is 0.0703. The van der Waals surface area contributed by atoms with Crippen LogP contribution in [0, 0.1) is 11.6 Å². The summed E-state index contributed by atoms with van der Waals surface area (Å²) in [5.74, 6) is -1.84. The maximum atomic E-state index is 13.2. The van der Waals surface area contributed by atoms with Gasteiger partial charge in [0.2, 0.25) is 5.91 Å². The third-order valence-corrected chi connectivity index (χ3v) is 2.86. The Morgan fingerprint density at radius 2 is 1.90 bits per heavy atom. The Morgan fingerprint density at radius 3 is 2.45 bits per heavy atom. The van der Waals surface area contributed by atoms with Gasteiger partial charge >= 0.3 is 0 Å². The van der Waals surface area contributed by atoms with Gasteiger partial charge in [-0.1, -0.05) is 6.07 Å². The number of hydrogen-bond acceptors (Lipinski definition) is 3. The highest BCUT2D eigenvalue weighted by atomic mass is 19.2. The summed E-state index contributed by atoms with van der Waals surface area (Å²) in [6.07, 6.45) is 0. The van der Waals surface area contributed by atoms with Crippen LogP contribution in [0.15, 0.2) is 18.2 Å². The molecule has 0 aliphatic heterocycles. The fourth-order valence-corrected chi connectivity index (χ4v) is 1.73.